The van der Waals surface area contributed by atoms with Gasteiger partial charge < -0.3 is 10.1 Å². The molecule has 0 bridgehead atoms. The Balaban J connectivity index is 2.24. The predicted molar refractivity (Wildman–Crippen MR) is 77.7 cm³/mol. The summed E-state index contributed by atoms with van der Waals surface area (Å²) < 4.78 is 5.72. The summed E-state index contributed by atoms with van der Waals surface area (Å²) in [5.74, 6) is 0.464. The van der Waals surface area contributed by atoms with Crippen molar-refractivity contribution in [2.45, 2.75) is 44.7 Å². The quantitative estimate of drug-likeness (QED) is 0.496. The van der Waals surface area contributed by atoms with E-state index in [2.05, 4.69) is 12.2 Å². The number of nitrogens with one attached hydrogen (secondary N) is 1. The topological polar surface area (TPSA) is 81.5 Å². The smallest absolute Gasteiger partial charge is 0.237 e. The molecule has 1 aliphatic heterocycles. The summed E-state index contributed by atoms with van der Waals surface area (Å²) in [4.78, 5) is 22.5. The molecule has 1 amide bonds. The van der Waals surface area contributed by atoms with Crippen LogP contribution in [0.15, 0.2) is 24.3 Å². The Morgan fingerprint density at radius 3 is 2.90 bits per heavy atom. The molecule has 1 N–H and O–H groups in total. The van der Waals surface area contributed by atoms with Crippen LogP contribution >= 0.6 is 0 Å². The second kappa shape index (κ2) is 7.06. The molecule has 0 spiro atoms. The van der Waals surface area contributed by atoms with Gasteiger partial charge in [-0.3, -0.25) is 14.9 Å². The Hall–Kier alpha value is -2.11. The van der Waals surface area contributed by atoms with Gasteiger partial charge in [-0.1, -0.05) is 31.5 Å². The van der Waals surface area contributed by atoms with E-state index >= 15 is 0 Å². The maximum absolute atomic E-state index is 11.6. The number of nitrogens with zero attached hydrogens (tertiary/aromatic N) is 1. The third-order valence-electron chi connectivity index (χ3n) is 3.65. The third kappa shape index (κ3) is 3.71. The van der Waals surface area contributed by atoms with Crippen molar-refractivity contribution in [2.75, 3.05) is 6.61 Å². The number of piperidine rings is 1. The Morgan fingerprint density at radius 2 is 2.19 bits per heavy atom. The van der Waals surface area contributed by atoms with Crippen molar-refractivity contribution in [3.05, 3.63) is 39.9 Å². The Bertz CT molecular complexity index is 518. The highest BCUT2D eigenvalue weighted by atomic mass is 16.6. The van der Waals surface area contributed by atoms with Crippen LogP contribution in [0.4, 0.5) is 0 Å². The molecule has 21 heavy (non-hydrogen) atoms. The number of carbonyl (C=O) groups excluding carboxylic acids is 1. The summed E-state index contributed by atoms with van der Waals surface area (Å²) in [6, 6.07) is 5.78. The number of ether oxygens (including phenoxy) is 1. The van der Waals surface area contributed by atoms with E-state index in [0.717, 1.165) is 12.8 Å². The van der Waals surface area contributed by atoms with E-state index in [9.17, 15) is 14.9 Å². The summed E-state index contributed by atoms with van der Waals surface area (Å²) in [5, 5.41) is 14.0. The molecule has 0 unspecified atom stereocenters. The Morgan fingerprint density at radius 1 is 1.43 bits per heavy atom. The van der Waals surface area contributed by atoms with Gasteiger partial charge in [-0.15, -0.1) is 0 Å². The monoisotopic (exact) mass is 292 g/mol. The molecule has 1 aromatic carbocycles. The molecule has 1 heterocycles. The van der Waals surface area contributed by atoms with E-state index in [1.807, 2.05) is 6.07 Å². The van der Waals surface area contributed by atoms with Gasteiger partial charge >= 0.3 is 0 Å². The van der Waals surface area contributed by atoms with Gasteiger partial charge in [0.1, 0.15) is 11.8 Å². The maximum atomic E-state index is 11.6. The number of para-hydroxylation sites is 1. The third-order valence-corrected chi connectivity index (χ3v) is 3.65. The summed E-state index contributed by atoms with van der Waals surface area (Å²) in [6.45, 7) is 2.64. The molecule has 2 atom stereocenters. The van der Waals surface area contributed by atoms with E-state index in [0.29, 0.717) is 17.9 Å². The average molecular weight is 292 g/mol. The lowest BCUT2D eigenvalue weighted by atomic mass is 9.92. The van der Waals surface area contributed by atoms with Crippen molar-refractivity contribution >= 4 is 5.91 Å². The predicted octanol–water partition coefficient (Wildman–Crippen LogP) is 2.46. The van der Waals surface area contributed by atoms with Crippen molar-refractivity contribution < 1.29 is 14.5 Å². The summed E-state index contributed by atoms with van der Waals surface area (Å²) in [5.41, 5.74) is 0.684. The number of unbranched alkanes of at least 4 members (excludes halogenated alkanes) is 1. The van der Waals surface area contributed by atoms with E-state index in [4.69, 9.17) is 4.74 Å². The fraction of sp³-hybridized carbons (Fsp3) is 0.533. The van der Waals surface area contributed by atoms with Crippen molar-refractivity contribution in [1.29, 1.82) is 0 Å². The maximum Gasteiger partial charge on any atom is 0.237 e. The van der Waals surface area contributed by atoms with Crippen LogP contribution in [0.3, 0.4) is 0 Å². The minimum absolute atomic E-state index is 0.151. The SMILES string of the molecule is CCCCOc1ccccc1[C@@H]1NC(=O)CC[C@H]1[N+](=O)[O-]. The molecule has 2 rings (SSSR count). The van der Waals surface area contributed by atoms with Gasteiger partial charge in [0, 0.05) is 23.3 Å². The lowest BCUT2D eigenvalue weighted by molar-refractivity contribution is -0.529. The zero-order chi connectivity index (χ0) is 15.2. The van der Waals surface area contributed by atoms with E-state index in [1.165, 1.54) is 0 Å². The molecule has 1 aromatic rings. The lowest BCUT2D eigenvalue weighted by Crippen LogP contribution is -2.45. The molecule has 1 saturated heterocycles. The normalized spacial score (nSPS) is 21.7. The van der Waals surface area contributed by atoms with Gasteiger partial charge in [-0.25, -0.2) is 0 Å². The minimum atomic E-state index is -0.807. The first-order chi connectivity index (χ1) is 10.1. The Labute approximate surface area is 123 Å². The van der Waals surface area contributed by atoms with E-state index < -0.39 is 12.1 Å². The van der Waals surface area contributed by atoms with Gasteiger partial charge in [0.05, 0.1) is 6.61 Å². The number of carbonyl (C=O) groups is 1. The summed E-state index contributed by atoms with van der Waals surface area (Å²) in [6.07, 6.45) is 2.39. The largest absolute Gasteiger partial charge is 0.493 e. The van der Waals surface area contributed by atoms with Crippen LogP contribution in [0, 0.1) is 10.1 Å². The molecule has 0 aliphatic carbocycles. The van der Waals surface area contributed by atoms with Crippen LogP contribution in [0.1, 0.15) is 44.2 Å². The van der Waals surface area contributed by atoms with Gasteiger partial charge in [0.2, 0.25) is 11.9 Å². The van der Waals surface area contributed by atoms with Crippen LogP contribution in [0.5, 0.6) is 5.75 Å². The summed E-state index contributed by atoms with van der Waals surface area (Å²) in [7, 11) is 0. The molecule has 0 saturated carbocycles. The highest BCUT2D eigenvalue weighted by molar-refractivity contribution is 5.77. The molecular weight excluding hydrogens is 272 g/mol. The second-order valence-corrected chi connectivity index (χ2v) is 5.18. The molecule has 6 heteroatoms. The Kier molecular flexibility index (Phi) is 5.14. The number of amides is 1. The van der Waals surface area contributed by atoms with Crippen molar-refractivity contribution in [2.24, 2.45) is 0 Å². The zero-order valence-electron chi connectivity index (χ0n) is 12.1. The molecule has 6 nitrogen and oxygen atoms in total. The fourth-order valence-electron chi connectivity index (χ4n) is 2.49. The molecule has 0 aromatic heterocycles. The molecular formula is C15H20N2O4. The van der Waals surface area contributed by atoms with Gasteiger partial charge in [-0.2, -0.15) is 0 Å². The first kappa shape index (κ1) is 15.3. The zero-order valence-corrected chi connectivity index (χ0v) is 12.1. The molecule has 1 fully saturated rings. The van der Waals surface area contributed by atoms with Crippen molar-refractivity contribution in [3.63, 3.8) is 0 Å². The minimum Gasteiger partial charge on any atom is -0.493 e. The molecule has 114 valence electrons. The van der Waals surface area contributed by atoms with Crippen LogP contribution in [0.25, 0.3) is 0 Å². The lowest BCUT2D eigenvalue weighted by Gasteiger charge is -2.28. The van der Waals surface area contributed by atoms with Crippen LogP contribution in [-0.4, -0.2) is 23.5 Å². The average Bonchev–Trinajstić information content (AvgIpc) is 2.47. The van der Waals surface area contributed by atoms with E-state index in [1.54, 1.807) is 18.2 Å². The number of benzene rings is 1. The first-order valence-electron chi connectivity index (χ1n) is 7.28. The van der Waals surface area contributed by atoms with Crippen molar-refractivity contribution in [3.8, 4) is 5.75 Å². The fourth-order valence-corrected chi connectivity index (χ4v) is 2.49. The highest BCUT2D eigenvalue weighted by Gasteiger charge is 2.39. The number of nitro groups is 1. The van der Waals surface area contributed by atoms with Crippen molar-refractivity contribution in [1.82, 2.24) is 5.32 Å². The van der Waals surface area contributed by atoms with Crippen LogP contribution in [0.2, 0.25) is 0 Å². The highest BCUT2D eigenvalue weighted by Crippen LogP contribution is 2.32. The molecule has 0 radical (unpaired) electrons. The van der Waals surface area contributed by atoms with Gasteiger partial charge in [0.25, 0.3) is 0 Å². The van der Waals surface area contributed by atoms with E-state index in [-0.39, 0.29) is 23.7 Å². The first-order valence-corrected chi connectivity index (χ1v) is 7.28. The summed E-state index contributed by atoms with van der Waals surface area (Å²) >= 11 is 0. The van der Waals surface area contributed by atoms with Crippen LogP contribution in [-0.2, 0) is 4.79 Å². The molecule has 1 aliphatic rings. The number of hydrogen-bond acceptors (Lipinski definition) is 4. The second-order valence-electron chi connectivity index (χ2n) is 5.18. The van der Waals surface area contributed by atoms with Gasteiger partial charge in [0.15, 0.2) is 0 Å². The number of hydrogen-bond donors (Lipinski definition) is 1. The number of rotatable bonds is 6. The van der Waals surface area contributed by atoms with Gasteiger partial charge in [-0.05, 0) is 12.5 Å². The standard InChI is InChI=1S/C15H20N2O4/c1-2-3-10-21-13-7-5-4-6-11(13)15-12(17(19)20)8-9-14(18)16-15/h4-7,12,15H,2-3,8-10H2,1H3,(H,16,18)/t12-,15+/m1/s1. The van der Waals surface area contributed by atoms with Crippen LogP contribution < -0.4 is 10.1 Å².